The van der Waals surface area contributed by atoms with Gasteiger partial charge in [0.25, 0.3) is 15.9 Å². The number of hydrogen-bond acceptors (Lipinski definition) is 6. The molecule has 2 N–H and O–H groups in total. The molecule has 0 fully saturated rings. The molecule has 2 aromatic carbocycles. The first kappa shape index (κ1) is 18.9. The lowest BCUT2D eigenvalue weighted by atomic mass is 10.2. The average molecular weight is 403 g/mol. The predicted molar refractivity (Wildman–Crippen MR) is 105 cm³/mol. The van der Waals surface area contributed by atoms with E-state index in [1.807, 2.05) is 6.92 Å². The lowest BCUT2D eigenvalue weighted by Crippen LogP contribution is -2.14. The molecular weight excluding hydrogens is 386 g/mol. The lowest BCUT2D eigenvalue weighted by Gasteiger charge is -2.06. The Kier molecular flexibility index (Phi) is 5.43. The van der Waals surface area contributed by atoms with Gasteiger partial charge in [0, 0.05) is 17.1 Å². The minimum Gasteiger partial charge on any atom is -0.497 e. The monoisotopic (exact) mass is 403 g/mol. The Bertz CT molecular complexity index is 1060. The van der Waals surface area contributed by atoms with Crippen LogP contribution in [-0.4, -0.2) is 26.4 Å². The Morgan fingerprint density at radius 1 is 1.15 bits per heavy atom. The molecule has 27 heavy (non-hydrogen) atoms. The molecule has 0 aliphatic carbocycles. The van der Waals surface area contributed by atoms with E-state index in [0.29, 0.717) is 11.4 Å². The van der Waals surface area contributed by atoms with Gasteiger partial charge in [0.1, 0.15) is 11.4 Å². The number of hydrogen-bond donors (Lipinski definition) is 2. The quantitative estimate of drug-likeness (QED) is 0.656. The minimum atomic E-state index is -3.76. The fourth-order valence-electron chi connectivity index (χ4n) is 2.21. The first-order valence-corrected chi connectivity index (χ1v) is 10.2. The molecule has 1 amide bonds. The molecule has 1 heterocycles. The van der Waals surface area contributed by atoms with Gasteiger partial charge in [-0.15, -0.1) is 11.3 Å². The van der Waals surface area contributed by atoms with Gasteiger partial charge >= 0.3 is 0 Å². The van der Waals surface area contributed by atoms with E-state index in [-0.39, 0.29) is 15.7 Å². The molecule has 0 radical (unpaired) electrons. The van der Waals surface area contributed by atoms with Gasteiger partial charge < -0.3 is 10.1 Å². The number of anilines is 2. The zero-order valence-electron chi connectivity index (χ0n) is 14.6. The van der Waals surface area contributed by atoms with Crippen molar-refractivity contribution in [2.75, 3.05) is 17.1 Å². The molecule has 0 bridgehead atoms. The molecular formula is C18H17N3O4S2. The minimum absolute atomic E-state index is 0.115. The summed E-state index contributed by atoms with van der Waals surface area (Å²) in [6.07, 6.45) is 0. The van der Waals surface area contributed by atoms with Crippen LogP contribution in [0.4, 0.5) is 10.8 Å². The number of sulfonamides is 1. The molecule has 0 unspecified atom stereocenters. The lowest BCUT2D eigenvalue weighted by molar-refractivity contribution is 0.102. The predicted octanol–water partition coefficient (Wildman–Crippen LogP) is 3.51. The summed E-state index contributed by atoms with van der Waals surface area (Å²) in [5, 5.41) is 4.30. The topological polar surface area (TPSA) is 97.4 Å². The summed E-state index contributed by atoms with van der Waals surface area (Å²) in [5.74, 6) is 0.165. The van der Waals surface area contributed by atoms with Crippen molar-refractivity contribution in [3.05, 3.63) is 65.2 Å². The molecule has 3 rings (SSSR count). The number of thiazole rings is 1. The van der Waals surface area contributed by atoms with Crippen molar-refractivity contribution in [2.45, 2.75) is 11.8 Å². The molecule has 0 aliphatic heterocycles. The summed E-state index contributed by atoms with van der Waals surface area (Å²) in [6.45, 7) is 1.87. The molecule has 9 heteroatoms. The van der Waals surface area contributed by atoms with Crippen molar-refractivity contribution in [1.82, 2.24) is 4.98 Å². The summed E-state index contributed by atoms with van der Waals surface area (Å²) in [5.41, 5.74) is 1.62. The Hall–Kier alpha value is -2.91. The first-order chi connectivity index (χ1) is 12.9. The van der Waals surface area contributed by atoms with Crippen LogP contribution < -0.4 is 14.8 Å². The van der Waals surface area contributed by atoms with Gasteiger partial charge in [-0.2, -0.15) is 0 Å². The number of rotatable bonds is 6. The van der Waals surface area contributed by atoms with Gasteiger partial charge in [0.15, 0.2) is 5.13 Å². The third kappa shape index (κ3) is 4.63. The SMILES string of the molecule is COc1cccc(NC(=O)c2csc(NS(=O)(=O)c3ccc(C)cc3)n2)c1. The van der Waals surface area contributed by atoms with Crippen LogP contribution in [0.1, 0.15) is 16.1 Å². The Morgan fingerprint density at radius 3 is 2.59 bits per heavy atom. The van der Waals surface area contributed by atoms with Crippen LogP contribution in [0.25, 0.3) is 0 Å². The highest BCUT2D eigenvalue weighted by Gasteiger charge is 2.18. The zero-order valence-corrected chi connectivity index (χ0v) is 16.2. The summed E-state index contributed by atoms with van der Waals surface area (Å²) in [4.78, 5) is 16.5. The molecule has 0 spiro atoms. The van der Waals surface area contributed by atoms with Gasteiger partial charge in [0.2, 0.25) is 0 Å². The van der Waals surface area contributed by atoms with Crippen molar-refractivity contribution in [3.63, 3.8) is 0 Å². The number of amides is 1. The molecule has 0 atom stereocenters. The van der Waals surface area contributed by atoms with E-state index in [0.717, 1.165) is 16.9 Å². The van der Waals surface area contributed by atoms with Gasteiger partial charge in [0.05, 0.1) is 12.0 Å². The number of ether oxygens (including phenoxy) is 1. The second-order valence-corrected chi connectivity index (χ2v) is 8.18. The van der Waals surface area contributed by atoms with E-state index in [1.165, 1.54) is 24.6 Å². The number of aryl methyl sites for hydroxylation is 1. The van der Waals surface area contributed by atoms with E-state index in [4.69, 9.17) is 4.74 Å². The van der Waals surface area contributed by atoms with Gasteiger partial charge in [-0.05, 0) is 31.2 Å². The highest BCUT2D eigenvalue weighted by atomic mass is 32.2. The molecule has 0 saturated carbocycles. The second-order valence-electron chi connectivity index (χ2n) is 5.64. The van der Waals surface area contributed by atoms with E-state index in [9.17, 15) is 13.2 Å². The molecule has 0 saturated heterocycles. The molecule has 7 nitrogen and oxygen atoms in total. The van der Waals surface area contributed by atoms with E-state index in [1.54, 1.807) is 36.4 Å². The standard InChI is InChI=1S/C18H17N3O4S2/c1-12-6-8-15(9-7-12)27(23,24)21-18-20-16(11-26-18)17(22)19-13-4-3-5-14(10-13)25-2/h3-11H,1-2H3,(H,19,22)(H,20,21). The normalized spacial score (nSPS) is 11.0. The maximum atomic E-state index is 12.4. The smallest absolute Gasteiger partial charge is 0.275 e. The van der Waals surface area contributed by atoms with Crippen LogP contribution in [0, 0.1) is 6.92 Å². The maximum absolute atomic E-state index is 12.4. The third-order valence-corrected chi connectivity index (χ3v) is 5.86. The van der Waals surface area contributed by atoms with Crippen LogP contribution in [0.15, 0.2) is 58.8 Å². The fourth-order valence-corrected chi connectivity index (χ4v) is 4.16. The summed E-state index contributed by atoms with van der Waals surface area (Å²) in [7, 11) is -2.23. The summed E-state index contributed by atoms with van der Waals surface area (Å²) in [6, 6.07) is 13.3. The average Bonchev–Trinajstić information content (AvgIpc) is 3.10. The van der Waals surface area contributed by atoms with Crippen LogP contribution in [0.2, 0.25) is 0 Å². The number of aromatic nitrogens is 1. The van der Waals surface area contributed by atoms with Crippen molar-refractivity contribution in [2.24, 2.45) is 0 Å². The number of benzene rings is 2. The fraction of sp³-hybridized carbons (Fsp3) is 0.111. The van der Waals surface area contributed by atoms with Crippen LogP contribution >= 0.6 is 11.3 Å². The van der Waals surface area contributed by atoms with Crippen LogP contribution in [0.3, 0.4) is 0 Å². The largest absolute Gasteiger partial charge is 0.497 e. The zero-order chi connectivity index (χ0) is 19.4. The highest BCUT2D eigenvalue weighted by molar-refractivity contribution is 7.93. The molecule has 0 aliphatic rings. The summed E-state index contributed by atoms with van der Waals surface area (Å²) >= 11 is 1.03. The van der Waals surface area contributed by atoms with Crippen LogP contribution in [0.5, 0.6) is 5.75 Å². The number of carbonyl (C=O) groups excluding carboxylic acids is 1. The Balaban J connectivity index is 1.72. The number of nitrogens with zero attached hydrogens (tertiary/aromatic N) is 1. The highest BCUT2D eigenvalue weighted by Crippen LogP contribution is 2.22. The Morgan fingerprint density at radius 2 is 1.89 bits per heavy atom. The second kappa shape index (κ2) is 7.77. The van der Waals surface area contributed by atoms with Crippen molar-refractivity contribution < 1.29 is 17.9 Å². The molecule has 1 aromatic heterocycles. The number of nitrogens with one attached hydrogen (secondary N) is 2. The van der Waals surface area contributed by atoms with E-state index >= 15 is 0 Å². The van der Waals surface area contributed by atoms with Gasteiger partial charge in [-0.3, -0.25) is 9.52 Å². The van der Waals surface area contributed by atoms with Crippen molar-refractivity contribution >= 4 is 38.1 Å². The van der Waals surface area contributed by atoms with Crippen molar-refractivity contribution in [1.29, 1.82) is 0 Å². The Labute approximate surface area is 161 Å². The number of carbonyl (C=O) groups is 1. The summed E-state index contributed by atoms with van der Waals surface area (Å²) < 4.78 is 32.3. The maximum Gasteiger partial charge on any atom is 0.275 e. The third-order valence-electron chi connectivity index (χ3n) is 3.62. The van der Waals surface area contributed by atoms with E-state index in [2.05, 4.69) is 15.0 Å². The van der Waals surface area contributed by atoms with E-state index < -0.39 is 15.9 Å². The van der Waals surface area contributed by atoms with Crippen molar-refractivity contribution in [3.8, 4) is 5.75 Å². The number of methoxy groups -OCH3 is 1. The van der Waals surface area contributed by atoms with Gasteiger partial charge in [-0.25, -0.2) is 13.4 Å². The first-order valence-electron chi connectivity index (χ1n) is 7.88. The van der Waals surface area contributed by atoms with Crippen LogP contribution in [-0.2, 0) is 10.0 Å². The molecule has 3 aromatic rings. The molecule has 140 valence electrons. The van der Waals surface area contributed by atoms with Gasteiger partial charge in [-0.1, -0.05) is 23.8 Å².